The molecule has 0 saturated heterocycles. The number of aldehydes is 1. The highest BCUT2D eigenvalue weighted by molar-refractivity contribution is 7.13. The summed E-state index contributed by atoms with van der Waals surface area (Å²) in [5.41, 5.74) is 0.954. The summed E-state index contributed by atoms with van der Waals surface area (Å²) in [6.45, 7) is 6.35. The molecule has 0 aliphatic rings. The zero-order valence-electron chi connectivity index (χ0n) is 8.33. The first-order valence-corrected chi connectivity index (χ1v) is 5.42. The molecule has 0 atom stereocenters. The van der Waals surface area contributed by atoms with Crippen LogP contribution in [0.5, 0.6) is 0 Å². The lowest BCUT2D eigenvalue weighted by atomic mass is 10.1. The van der Waals surface area contributed by atoms with Crippen LogP contribution in [0.3, 0.4) is 0 Å². The summed E-state index contributed by atoms with van der Waals surface area (Å²) in [6.07, 6.45) is 2.74. The van der Waals surface area contributed by atoms with Crippen LogP contribution in [0.4, 0.5) is 0 Å². The molecule has 0 aliphatic carbocycles. The third-order valence-electron chi connectivity index (χ3n) is 1.80. The molecule has 0 aliphatic heterocycles. The molecule has 3 heteroatoms. The summed E-state index contributed by atoms with van der Waals surface area (Å²) < 4.78 is 0. The van der Waals surface area contributed by atoms with Crippen molar-refractivity contribution >= 4 is 17.6 Å². The van der Waals surface area contributed by atoms with Crippen LogP contribution in [0.2, 0.25) is 0 Å². The van der Waals surface area contributed by atoms with E-state index in [-0.39, 0.29) is 0 Å². The Morgan fingerprint density at radius 1 is 1.54 bits per heavy atom. The first-order valence-electron chi connectivity index (χ1n) is 4.61. The highest BCUT2D eigenvalue weighted by atomic mass is 32.1. The number of hydrogen-bond donors (Lipinski definition) is 0. The van der Waals surface area contributed by atoms with E-state index >= 15 is 0 Å². The molecular formula is C10H15NOS. The quantitative estimate of drug-likeness (QED) is 0.695. The molecule has 1 aromatic heterocycles. The van der Waals surface area contributed by atoms with E-state index in [1.807, 2.05) is 6.92 Å². The fraction of sp³-hybridized carbons (Fsp3) is 0.600. The maximum absolute atomic E-state index is 10.7. The number of aryl methyl sites for hydroxylation is 1. The second kappa shape index (κ2) is 4.51. The molecule has 0 bridgehead atoms. The van der Waals surface area contributed by atoms with Gasteiger partial charge in [-0.2, -0.15) is 0 Å². The summed E-state index contributed by atoms with van der Waals surface area (Å²) in [5, 5.41) is 1.09. The molecule has 0 unspecified atom stereocenters. The minimum absolute atomic E-state index is 0.607. The summed E-state index contributed by atoms with van der Waals surface area (Å²) in [5.74, 6) is 0.607. The van der Waals surface area contributed by atoms with Crippen LogP contribution in [0, 0.1) is 5.92 Å². The van der Waals surface area contributed by atoms with Crippen LogP contribution in [0.1, 0.15) is 41.1 Å². The first-order chi connectivity index (χ1) is 6.17. The number of rotatable bonds is 4. The van der Waals surface area contributed by atoms with Gasteiger partial charge in [0, 0.05) is 6.42 Å². The van der Waals surface area contributed by atoms with Crippen LogP contribution >= 0.6 is 11.3 Å². The van der Waals surface area contributed by atoms with E-state index < -0.39 is 0 Å². The molecule has 0 spiro atoms. The molecule has 0 amide bonds. The van der Waals surface area contributed by atoms with Crippen molar-refractivity contribution in [3.05, 3.63) is 15.6 Å². The van der Waals surface area contributed by atoms with Crippen LogP contribution in [-0.2, 0) is 12.8 Å². The van der Waals surface area contributed by atoms with Crippen molar-refractivity contribution in [2.45, 2.75) is 33.6 Å². The number of hydrogen-bond acceptors (Lipinski definition) is 3. The molecule has 1 rings (SSSR count). The summed E-state index contributed by atoms with van der Waals surface area (Å²) in [4.78, 5) is 15.9. The minimum Gasteiger partial charge on any atom is -0.297 e. The lowest BCUT2D eigenvalue weighted by molar-refractivity contribution is 0.112. The Morgan fingerprint density at radius 3 is 2.62 bits per heavy atom. The molecule has 1 heterocycles. The molecule has 1 aromatic rings. The van der Waals surface area contributed by atoms with Crippen LogP contribution in [0.15, 0.2) is 0 Å². The fourth-order valence-electron chi connectivity index (χ4n) is 1.20. The third-order valence-corrected chi connectivity index (χ3v) is 2.84. The van der Waals surface area contributed by atoms with Gasteiger partial charge in [0.15, 0.2) is 6.29 Å². The van der Waals surface area contributed by atoms with E-state index in [0.717, 1.165) is 34.7 Å². The van der Waals surface area contributed by atoms with Crippen molar-refractivity contribution in [1.29, 1.82) is 0 Å². The van der Waals surface area contributed by atoms with Crippen LogP contribution in [0.25, 0.3) is 0 Å². The van der Waals surface area contributed by atoms with Gasteiger partial charge in [0.25, 0.3) is 0 Å². The van der Waals surface area contributed by atoms with Gasteiger partial charge >= 0.3 is 0 Å². The van der Waals surface area contributed by atoms with Crippen molar-refractivity contribution in [3.63, 3.8) is 0 Å². The van der Waals surface area contributed by atoms with Gasteiger partial charge in [-0.3, -0.25) is 4.79 Å². The topological polar surface area (TPSA) is 30.0 Å². The fourth-order valence-corrected chi connectivity index (χ4v) is 2.38. The molecule has 0 radical (unpaired) electrons. The predicted octanol–water partition coefficient (Wildman–Crippen LogP) is 2.72. The Hall–Kier alpha value is -0.700. The molecule has 0 aromatic carbocycles. The van der Waals surface area contributed by atoms with Gasteiger partial charge in [0.1, 0.15) is 0 Å². The number of carbonyl (C=O) groups is 1. The number of aromatic nitrogens is 1. The smallest absolute Gasteiger partial charge is 0.161 e. The standard InChI is InChI=1S/C10H15NOS/c1-4-8-9(6-12)13-10(11-8)5-7(2)3/h6-7H,4-5H2,1-3H3. The van der Waals surface area contributed by atoms with Crippen molar-refractivity contribution < 1.29 is 4.79 Å². The number of thiazole rings is 1. The lowest BCUT2D eigenvalue weighted by Crippen LogP contribution is -1.93. The van der Waals surface area contributed by atoms with Gasteiger partial charge in [0.05, 0.1) is 15.6 Å². The second-order valence-corrected chi connectivity index (χ2v) is 4.60. The Balaban J connectivity index is 2.86. The number of carbonyl (C=O) groups excluding carboxylic acids is 1. The van der Waals surface area contributed by atoms with Crippen LogP contribution in [-0.4, -0.2) is 11.3 Å². The summed E-state index contributed by atoms with van der Waals surface area (Å²) >= 11 is 1.53. The second-order valence-electron chi connectivity index (χ2n) is 3.49. The van der Waals surface area contributed by atoms with E-state index in [1.54, 1.807) is 0 Å². The monoisotopic (exact) mass is 197 g/mol. The maximum atomic E-state index is 10.7. The highest BCUT2D eigenvalue weighted by Crippen LogP contribution is 2.19. The van der Waals surface area contributed by atoms with Crippen molar-refractivity contribution in [1.82, 2.24) is 4.98 Å². The zero-order valence-corrected chi connectivity index (χ0v) is 9.15. The molecular weight excluding hydrogens is 182 g/mol. The van der Waals surface area contributed by atoms with Gasteiger partial charge in [-0.1, -0.05) is 20.8 Å². The minimum atomic E-state index is 0.607. The van der Waals surface area contributed by atoms with Gasteiger partial charge in [-0.25, -0.2) is 4.98 Å². The van der Waals surface area contributed by atoms with Gasteiger partial charge in [0.2, 0.25) is 0 Å². The normalized spacial score (nSPS) is 10.8. The average molecular weight is 197 g/mol. The van der Waals surface area contributed by atoms with E-state index in [9.17, 15) is 4.79 Å². The predicted molar refractivity (Wildman–Crippen MR) is 55.4 cm³/mol. The Morgan fingerprint density at radius 2 is 2.23 bits per heavy atom. The van der Waals surface area contributed by atoms with E-state index in [1.165, 1.54) is 11.3 Å². The highest BCUT2D eigenvalue weighted by Gasteiger charge is 2.09. The average Bonchev–Trinajstić information content (AvgIpc) is 2.45. The van der Waals surface area contributed by atoms with Crippen LogP contribution < -0.4 is 0 Å². The molecule has 72 valence electrons. The molecule has 2 nitrogen and oxygen atoms in total. The molecule has 0 fully saturated rings. The molecule has 0 N–H and O–H groups in total. The summed E-state index contributed by atoms with van der Waals surface area (Å²) in [7, 11) is 0. The largest absolute Gasteiger partial charge is 0.297 e. The maximum Gasteiger partial charge on any atom is 0.161 e. The van der Waals surface area contributed by atoms with Crippen molar-refractivity contribution in [2.75, 3.05) is 0 Å². The van der Waals surface area contributed by atoms with E-state index in [0.29, 0.717) is 5.92 Å². The zero-order chi connectivity index (χ0) is 9.84. The number of nitrogens with zero attached hydrogens (tertiary/aromatic N) is 1. The molecule has 13 heavy (non-hydrogen) atoms. The van der Waals surface area contributed by atoms with Crippen molar-refractivity contribution in [2.24, 2.45) is 5.92 Å². The van der Waals surface area contributed by atoms with Gasteiger partial charge in [-0.05, 0) is 12.3 Å². The molecule has 0 saturated carbocycles. The van der Waals surface area contributed by atoms with Gasteiger partial charge in [-0.15, -0.1) is 11.3 Å². The third kappa shape index (κ3) is 2.62. The Labute approximate surface area is 83.0 Å². The Bertz CT molecular complexity index is 291. The van der Waals surface area contributed by atoms with E-state index in [4.69, 9.17) is 0 Å². The van der Waals surface area contributed by atoms with Crippen molar-refractivity contribution in [3.8, 4) is 0 Å². The van der Waals surface area contributed by atoms with E-state index in [2.05, 4.69) is 18.8 Å². The summed E-state index contributed by atoms with van der Waals surface area (Å²) in [6, 6.07) is 0. The SMILES string of the molecule is CCc1nc(CC(C)C)sc1C=O. The van der Waals surface area contributed by atoms with Gasteiger partial charge < -0.3 is 0 Å². The Kier molecular flexibility index (Phi) is 3.60. The lowest BCUT2D eigenvalue weighted by Gasteiger charge is -1.97. The first kappa shape index (κ1) is 10.4.